The summed E-state index contributed by atoms with van der Waals surface area (Å²) >= 11 is 3.44. The number of aryl methyl sites for hydroxylation is 1. The maximum atomic E-state index is 5.46. The van der Waals surface area contributed by atoms with Crippen molar-refractivity contribution >= 4 is 49.3 Å². The van der Waals surface area contributed by atoms with Crippen LogP contribution >= 0.6 is 23.1 Å². The molecule has 4 aromatic rings. The highest BCUT2D eigenvalue weighted by Crippen LogP contribution is 2.49. The van der Waals surface area contributed by atoms with Crippen LogP contribution in [0.25, 0.3) is 10.2 Å². The number of thiazole rings is 1. The molecule has 0 aliphatic carbocycles. The lowest BCUT2D eigenvalue weighted by atomic mass is 10.1. The van der Waals surface area contributed by atoms with Gasteiger partial charge in [-0.15, -0.1) is 0 Å². The van der Waals surface area contributed by atoms with Gasteiger partial charge in [0, 0.05) is 10.5 Å². The molecule has 3 heterocycles. The fourth-order valence-electron chi connectivity index (χ4n) is 4.20. The number of aromatic nitrogens is 1. The molecule has 1 atom stereocenters. The first kappa shape index (κ1) is 18.7. The number of hydrogen-bond donors (Lipinski definition) is 0. The number of ether oxygens (including phenoxy) is 2. The molecule has 31 heavy (non-hydrogen) atoms. The Bertz CT molecular complexity index is 1360. The number of rotatable bonds is 3. The molecule has 2 aliphatic heterocycles. The van der Waals surface area contributed by atoms with E-state index in [2.05, 4.69) is 58.9 Å². The molecule has 0 spiro atoms. The van der Waals surface area contributed by atoms with E-state index >= 15 is 0 Å². The molecule has 0 fully saturated rings. The van der Waals surface area contributed by atoms with E-state index in [-0.39, 0.29) is 6.17 Å². The number of benzene rings is 3. The Morgan fingerprint density at radius 2 is 1.71 bits per heavy atom. The van der Waals surface area contributed by atoms with Crippen LogP contribution in [0.3, 0.4) is 0 Å². The lowest BCUT2D eigenvalue weighted by molar-refractivity contribution is -0.671. The lowest BCUT2D eigenvalue weighted by Crippen LogP contribution is -2.53. The minimum absolute atomic E-state index is 0.0352. The number of fused-ring (bicyclic) bond motifs is 6. The fraction of sp³-hybridized carbons (Fsp3) is 0.167. The van der Waals surface area contributed by atoms with Crippen molar-refractivity contribution in [2.24, 2.45) is 4.99 Å². The van der Waals surface area contributed by atoms with Gasteiger partial charge in [-0.05, 0) is 95.2 Å². The van der Waals surface area contributed by atoms with Gasteiger partial charge in [0.2, 0.25) is 6.17 Å². The van der Waals surface area contributed by atoms with Gasteiger partial charge in [-0.2, -0.15) is 4.57 Å². The lowest BCUT2D eigenvalue weighted by Gasteiger charge is -2.28. The number of anilines is 1. The van der Waals surface area contributed by atoms with E-state index in [0.717, 1.165) is 32.4 Å². The first-order chi connectivity index (χ1) is 15.2. The molecule has 6 rings (SSSR count). The molecule has 0 N–H and O–H groups in total. The Balaban J connectivity index is 1.60. The monoisotopic (exact) mass is 446 g/mol. The molecule has 0 unspecified atom stereocenters. The highest BCUT2D eigenvalue weighted by molar-refractivity contribution is 8.14. The first-order valence-electron chi connectivity index (χ1n) is 9.99. The van der Waals surface area contributed by atoms with E-state index in [1.807, 2.05) is 18.2 Å². The van der Waals surface area contributed by atoms with Crippen molar-refractivity contribution in [3.63, 3.8) is 0 Å². The van der Waals surface area contributed by atoms with Gasteiger partial charge >= 0.3 is 5.13 Å². The van der Waals surface area contributed by atoms with E-state index < -0.39 is 0 Å². The average Bonchev–Trinajstić information content (AvgIpc) is 3.33. The number of hydrogen-bond acceptors (Lipinski definition) is 6. The summed E-state index contributed by atoms with van der Waals surface area (Å²) in [5.74, 6) is 1.71. The molecule has 3 aromatic carbocycles. The predicted molar refractivity (Wildman–Crippen MR) is 126 cm³/mol. The molecule has 0 saturated heterocycles. The minimum Gasteiger partial charge on any atom is -0.497 e. The van der Waals surface area contributed by atoms with Gasteiger partial charge in [0.25, 0.3) is 5.17 Å². The zero-order chi connectivity index (χ0) is 21.1. The largest absolute Gasteiger partial charge is 0.497 e. The van der Waals surface area contributed by atoms with Gasteiger partial charge in [0.1, 0.15) is 17.0 Å². The van der Waals surface area contributed by atoms with Crippen LogP contribution in [0.4, 0.5) is 10.8 Å². The summed E-state index contributed by atoms with van der Waals surface area (Å²) in [6.07, 6.45) is -0.0352. The quantitative estimate of drug-likeness (QED) is 0.380. The molecule has 5 nitrogen and oxygen atoms in total. The summed E-state index contributed by atoms with van der Waals surface area (Å²) in [6, 6.07) is 21.2. The zero-order valence-corrected chi connectivity index (χ0v) is 19.0. The third kappa shape index (κ3) is 2.84. The molecule has 7 heteroatoms. The molecule has 1 aromatic heterocycles. The Labute approximate surface area is 188 Å². The fourth-order valence-corrected chi connectivity index (χ4v) is 6.47. The van der Waals surface area contributed by atoms with Gasteiger partial charge in [-0.25, -0.2) is 0 Å². The van der Waals surface area contributed by atoms with Crippen LogP contribution in [-0.4, -0.2) is 19.4 Å². The Morgan fingerprint density at radius 1 is 0.935 bits per heavy atom. The van der Waals surface area contributed by atoms with Crippen LogP contribution in [0.5, 0.6) is 11.5 Å². The van der Waals surface area contributed by atoms with E-state index in [9.17, 15) is 0 Å². The van der Waals surface area contributed by atoms with Crippen molar-refractivity contribution in [2.45, 2.75) is 18.0 Å². The molecule has 154 valence electrons. The number of methoxy groups -OCH3 is 2. The van der Waals surface area contributed by atoms with Crippen molar-refractivity contribution in [3.8, 4) is 11.5 Å². The van der Waals surface area contributed by atoms with Gasteiger partial charge in [-0.1, -0.05) is 6.07 Å². The van der Waals surface area contributed by atoms with Crippen molar-refractivity contribution in [2.75, 3.05) is 19.1 Å². The summed E-state index contributed by atoms with van der Waals surface area (Å²) in [5.41, 5.74) is 4.79. The molecule has 0 bridgehead atoms. The van der Waals surface area contributed by atoms with Crippen molar-refractivity contribution in [3.05, 3.63) is 71.8 Å². The van der Waals surface area contributed by atoms with Crippen molar-refractivity contribution < 1.29 is 14.0 Å². The van der Waals surface area contributed by atoms with E-state index in [4.69, 9.17) is 14.5 Å². The molecule has 0 amide bonds. The average molecular weight is 447 g/mol. The molecular formula is C24H20N3O2S2+. The van der Waals surface area contributed by atoms with Gasteiger partial charge in [0.05, 0.1) is 24.6 Å². The second-order valence-electron chi connectivity index (χ2n) is 7.57. The predicted octanol–water partition coefficient (Wildman–Crippen LogP) is 5.67. The standard InChI is InChI=1S/C24H20N3O2S2/c1-14-4-10-18-20(12-14)30-23-25-24-27(19-11-9-17(29-3)13-21(19)31-24)22(26(18)23)15-5-7-16(28-2)8-6-15/h4-13,22H,1-3H3/q+1/t22-/m1/s1. The van der Waals surface area contributed by atoms with Crippen LogP contribution in [-0.2, 0) is 0 Å². The number of nitrogens with zero attached hydrogens (tertiary/aromatic N) is 3. The maximum Gasteiger partial charge on any atom is 0.388 e. The molecule has 0 radical (unpaired) electrons. The van der Waals surface area contributed by atoms with Gasteiger partial charge in [-0.3, -0.25) is 4.90 Å². The molecule has 2 aliphatic rings. The highest BCUT2D eigenvalue weighted by atomic mass is 32.2. The summed E-state index contributed by atoms with van der Waals surface area (Å²) in [4.78, 5) is 8.57. The normalized spacial score (nSPS) is 16.5. The van der Waals surface area contributed by atoms with Gasteiger partial charge < -0.3 is 9.47 Å². The van der Waals surface area contributed by atoms with Crippen LogP contribution in [0, 0.1) is 6.92 Å². The third-order valence-electron chi connectivity index (χ3n) is 5.71. The van der Waals surface area contributed by atoms with Crippen LogP contribution < -0.4 is 18.9 Å². The van der Waals surface area contributed by atoms with Crippen LogP contribution in [0.15, 0.2) is 70.6 Å². The Hall–Kier alpha value is -3.03. The Morgan fingerprint density at radius 3 is 2.48 bits per heavy atom. The number of aliphatic imine (C=N–C) groups is 1. The first-order valence-corrected chi connectivity index (χ1v) is 11.6. The van der Waals surface area contributed by atoms with E-state index in [1.165, 1.54) is 21.3 Å². The van der Waals surface area contributed by atoms with Crippen LogP contribution in [0.1, 0.15) is 17.3 Å². The summed E-state index contributed by atoms with van der Waals surface area (Å²) in [6.45, 7) is 2.13. The van der Waals surface area contributed by atoms with E-state index in [0.29, 0.717) is 0 Å². The van der Waals surface area contributed by atoms with Crippen LogP contribution in [0.2, 0.25) is 0 Å². The number of amidine groups is 1. The molecule has 0 saturated carbocycles. The topological polar surface area (TPSA) is 37.9 Å². The summed E-state index contributed by atoms with van der Waals surface area (Å²) in [5, 5.41) is 2.01. The van der Waals surface area contributed by atoms with Gasteiger partial charge in [0.15, 0.2) is 0 Å². The van der Waals surface area contributed by atoms with Crippen molar-refractivity contribution in [1.82, 2.24) is 0 Å². The van der Waals surface area contributed by atoms with E-state index in [1.54, 1.807) is 37.3 Å². The number of thioether (sulfide) groups is 1. The summed E-state index contributed by atoms with van der Waals surface area (Å²) in [7, 11) is 3.40. The SMILES string of the molecule is COc1ccc([C@H]2N3C(=Nc4sc5cc(C)ccc5[n+]42)Sc2cc(OC)ccc23)cc1. The van der Waals surface area contributed by atoms with Crippen molar-refractivity contribution in [1.29, 1.82) is 0 Å². The Kier molecular flexibility index (Phi) is 4.23. The minimum atomic E-state index is -0.0352. The highest BCUT2D eigenvalue weighted by Gasteiger charge is 2.46. The maximum absolute atomic E-state index is 5.46. The summed E-state index contributed by atoms with van der Waals surface area (Å²) < 4.78 is 14.5. The molecular weight excluding hydrogens is 426 g/mol. The zero-order valence-electron chi connectivity index (χ0n) is 17.3. The third-order valence-corrected chi connectivity index (χ3v) is 7.75. The second-order valence-corrected chi connectivity index (χ2v) is 9.59. The second kappa shape index (κ2) is 7.00. The smallest absolute Gasteiger partial charge is 0.388 e.